The number of carbonyl (C=O) groups is 2. The average Bonchev–Trinajstić information content (AvgIpc) is 3.21. The van der Waals surface area contributed by atoms with E-state index in [1.54, 1.807) is 54.3 Å². The minimum atomic E-state index is -0.632. The lowest BCUT2D eigenvalue weighted by Crippen LogP contribution is -2.31. The number of benzene rings is 2. The number of nitrogens with one attached hydrogen (secondary N) is 1. The monoisotopic (exact) mass is 423 g/mol. The van der Waals surface area contributed by atoms with Crippen molar-refractivity contribution in [3.63, 3.8) is 0 Å². The van der Waals surface area contributed by atoms with Crippen molar-refractivity contribution in [1.29, 1.82) is 0 Å². The highest BCUT2D eigenvalue weighted by Crippen LogP contribution is 2.31. The van der Waals surface area contributed by atoms with E-state index in [9.17, 15) is 14.0 Å². The number of carbonyl (C=O) groups excluding carboxylic acids is 2. The Morgan fingerprint density at radius 3 is 2.68 bits per heavy atom. The van der Waals surface area contributed by atoms with Crippen molar-refractivity contribution in [2.75, 3.05) is 13.2 Å². The van der Waals surface area contributed by atoms with Gasteiger partial charge < -0.3 is 19.4 Å². The van der Waals surface area contributed by atoms with Gasteiger partial charge in [0.05, 0.1) is 0 Å². The van der Waals surface area contributed by atoms with Gasteiger partial charge in [-0.3, -0.25) is 9.59 Å². The Balaban J connectivity index is 1.43. The first-order chi connectivity index (χ1) is 15.0. The SMILES string of the molecule is Cn1ccnc1[C@@H](NC(=O)CCC(=O)c1ccc2c(c1)OCCO2)c1cccc(F)c1. The quantitative estimate of drug-likeness (QED) is 0.590. The maximum absolute atomic E-state index is 13.8. The van der Waals surface area contributed by atoms with Crippen LogP contribution < -0.4 is 14.8 Å². The summed E-state index contributed by atoms with van der Waals surface area (Å²) in [6, 6.07) is 10.4. The van der Waals surface area contributed by atoms with Crippen LogP contribution in [0.5, 0.6) is 11.5 Å². The van der Waals surface area contributed by atoms with E-state index in [1.165, 1.54) is 12.1 Å². The molecule has 2 aromatic carbocycles. The van der Waals surface area contributed by atoms with Gasteiger partial charge in [0.1, 0.15) is 30.9 Å². The first-order valence-electron chi connectivity index (χ1n) is 9.96. The number of Topliss-reactive ketones (excluding diaryl/α,β-unsaturated/α-hetero) is 1. The van der Waals surface area contributed by atoms with E-state index in [1.807, 2.05) is 0 Å². The number of ketones is 1. The Morgan fingerprint density at radius 2 is 1.94 bits per heavy atom. The maximum Gasteiger partial charge on any atom is 0.221 e. The van der Waals surface area contributed by atoms with Gasteiger partial charge in [-0.1, -0.05) is 12.1 Å². The van der Waals surface area contributed by atoms with Crippen LogP contribution in [0.25, 0.3) is 0 Å². The van der Waals surface area contributed by atoms with Crippen LogP contribution in [0.4, 0.5) is 4.39 Å². The van der Waals surface area contributed by atoms with E-state index >= 15 is 0 Å². The van der Waals surface area contributed by atoms with Gasteiger partial charge in [0, 0.05) is 37.8 Å². The van der Waals surface area contributed by atoms with E-state index < -0.39 is 11.9 Å². The Hall–Kier alpha value is -3.68. The fourth-order valence-corrected chi connectivity index (χ4v) is 3.46. The molecule has 0 bridgehead atoms. The Kier molecular flexibility index (Phi) is 5.97. The number of aromatic nitrogens is 2. The van der Waals surface area contributed by atoms with Crippen molar-refractivity contribution in [2.45, 2.75) is 18.9 Å². The highest BCUT2D eigenvalue weighted by molar-refractivity contribution is 5.98. The van der Waals surface area contributed by atoms with Gasteiger partial charge in [-0.15, -0.1) is 0 Å². The first kappa shape index (κ1) is 20.6. The molecule has 1 aromatic heterocycles. The molecular formula is C23H22FN3O4. The molecule has 0 saturated carbocycles. The predicted octanol–water partition coefficient (Wildman–Crippen LogP) is 3.20. The third-order valence-corrected chi connectivity index (χ3v) is 5.05. The first-order valence-corrected chi connectivity index (χ1v) is 9.96. The van der Waals surface area contributed by atoms with E-state index in [-0.39, 0.29) is 24.5 Å². The van der Waals surface area contributed by atoms with Gasteiger partial charge in [0.25, 0.3) is 0 Å². The fraction of sp³-hybridized carbons (Fsp3) is 0.261. The molecule has 31 heavy (non-hydrogen) atoms. The van der Waals surface area contributed by atoms with Crippen LogP contribution >= 0.6 is 0 Å². The summed E-state index contributed by atoms with van der Waals surface area (Å²) >= 11 is 0. The molecule has 1 N–H and O–H groups in total. The van der Waals surface area contributed by atoms with Crippen molar-refractivity contribution in [1.82, 2.24) is 14.9 Å². The summed E-state index contributed by atoms with van der Waals surface area (Å²) in [6.45, 7) is 0.907. The summed E-state index contributed by atoms with van der Waals surface area (Å²) in [6.07, 6.45) is 3.38. The van der Waals surface area contributed by atoms with E-state index in [4.69, 9.17) is 9.47 Å². The number of hydrogen-bond donors (Lipinski definition) is 1. The van der Waals surface area contributed by atoms with Gasteiger partial charge in [-0.2, -0.15) is 0 Å². The van der Waals surface area contributed by atoms with Crippen LogP contribution in [0.15, 0.2) is 54.9 Å². The maximum atomic E-state index is 13.8. The molecule has 0 fully saturated rings. The number of rotatable bonds is 7. The molecular weight excluding hydrogens is 401 g/mol. The molecule has 4 rings (SSSR count). The largest absolute Gasteiger partial charge is 0.486 e. The second-order valence-corrected chi connectivity index (χ2v) is 7.23. The minimum Gasteiger partial charge on any atom is -0.486 e. The van der Waals surface area contributed by atoms with Crippen LogP contribution in [0.3, 0.4) is 0 Å². The molecule has 0 unspecified atom stereocenters. The van der Waals surface area contributed by atoms with Crippen LogP contribution in [-0.4, -0.2) is 34.5 Å². The van der Waals surface area contributed by atoms with E-state index in [0.29, 0.717) is 41.7 Å². The molecule has 2 heterocycles. The number of hydrogen-bond acceptors (Lipinski definition) is 5. The van der Waals surface area contributed by atoms with Crippen LogP contribution in [-0.2, 0) is 11.8 Å². The Morgan fingerprint density at radius 1 is 1.13 bits per heavy atom. The van der Waals surface area contributed by atoms with Crippen molar-refractivity contribution in [3.8, 4) is 11.5 Å². The molecule has 0 radical (unpaired) electrons. The highest BCUT2D eigenvalue weighted by atomic mass is 19.1. The Bertz CT molecular complexity index is 1110. The molecule has 8 heteroatoms. The number of fused-ring (bicyclic) bond motifs is 1. The van der Waals surface area contributed by atoms with E-state index in [0.717, 1.165) is 0 Å². The number of imidazole rings is 1. The summed E-state index contributed by atoms with van der Waals surface area (Å²) in [5.41, 5.74) is 1.03. The lowest BCUT2D eigenvalue weighted by molar-refractivity contribution is -0.121. The van der Waals surface area contributed by atoms with Crippen LogP contribution in [0.2, 0.25) is 0 Å². The van der Waals surface area contributed by atoms with Crippen molar-refractivity contribution in [3.05, 3.63) is 77.6 Å². The molecule has 0 aliphatic carbocycles. The predicted molar refractivity (Wildman–Crippen MR) is 111 cm³/mol. The van der Waals surface area contributed by atoms with Crippen molar-refractivity contribution in [2.24, 2.45) is 7.05 Å². The smallest absolute Gasteiger partial charge is 0.221 e. The summed E-state index contributed by atoms with van der Waals surface area (Å²) in [7, 11) is 1.80. The molecule has 0 spiro atoms. The molecule has 1 atom stereocenters. The molecule has 160 valence electrons. The van der Waals surface area contributed by atoms with Gasteiger partial charge in [-0.25, -0.2) is 9.37 Å². The molecule has 1 amide bonds. The number of nitrogens with zero attached hydrogens (tertiary/aromatic N) is 2. The van der Waals surface area contributed by atoms with Crippen LogP contribution in [0.1, 0.15) is 40.6 Å². The second-order valence-electron chi connectivity index (χ2n) is 7.23. The van der Waals surface area contributed by atoms with Gasteiger partial charge in [0.15, 0.2) is 17.3 Å². The molecule has 1 aliphatic heterocycles. The number of amides is 1. The third kappa shape index (κ3) is 4.74. The molecule has 0 saturated heterocycles. The minimum absolute atomic E-state index is 0.0104. The summed E-state index contributed by atoms with van der Waals surface area (Å²) in [5, 5.41) is 2.87. The molecule has 3 aromatic rings. The zero-order valence-electron chi connectivity index (χ0n) is 17.0. The topological polar surface area (TPSA) is 82.5 Å². The van der Waals surface area contributed by atoms with Crippen LogP contribution in [0, 0.1) is 5.82 Å². The standard InChI is InChI=1S/C23H22FN3O4/c1-27-10-9-25-23(27)22(16-3-2-4-17(24)13-16)26-21(29)8-6-18(28)15-5-7-19-20(14-15)31-12-11-30-19/h2-5,7,9-10,13-14,22H,6,8,11-12H2,1H3,(H,26,29)/t22-/m0/s1. The summed E-state index contributed by atoms with van der Waals surface area (Å²) in [4.78, 5) is 29.5. The number of halogens is 1. The second kappa shape index (κ2) is 8.99. The van der Waals surface area contributed by atoms with E-state index in [2.05, 4.69) is 10.3 Å². The average molecular weight is 423 g/mol. The number of ether oxygens (including phenoxy) is 2. The van der Waals surface area contributed by atoms with Crippen molar-refractivity contribution < 1.29 is 23.5 Å². The highest BCUT2D eigenvalue weighted by Gasteiger charge is 2.22. The molecule has 1 aliphatic rings. The summed E-state index contributed by atoms with van der Waals surface area (Å²) < 4.78 is 26.5. The van der Waals surface area contributed by atoms with Gasteiger partial charge in [-0.05, 0) is 35.9 Å². The lowest BCUT2D eigenvalue weighted by Gasteiger charge is -2.19. The molecule has 7 nitrogen and oxygen atoms in total. The van der Waals surface area contributed by atoms with Gasteiger partial charge in [0.2, 0.25) is 5.91 Å². The summed E-state index contributed by atoms with van der Waals surface area (Å²) in [5.74, 6) is 0.794. The normalized spacial score (nSPS) is 13.5. The number of aryl methyl sites for hydroxylation is 1. The Labute approximate surface area is 178 Å². The third-order valence-electron chi connectivity index (χ3n) is 5.05. The van der Waals surface area contributed by atoms with Crippen molar-refractivity contribution >= 4 is 11.7 Å². The van der Waals surface area contributed by atoms with Gasteiger partial charge >= 0.3 is 0 Å². The fourth-order valence-electron chi connectivity index (χ4n) is 3.46. The zero-order valence-corrected chi connectivity index (χ0v) is 17.0. The zero-order chi connectivity index (χ0) is 21.8. The lowest BCUT2D eigenvalue weighted by atomic mass is 10.0.